The Morgan fingerprint density at radius 3 is 2.41 bits per heavy atom. The molecule has 0 spiro atoms. The minimum absolute atomic E-state index is 0.0554. The van der Waals surface area contributed by atoms with Crippen LogP contribution in [0.5, 0.6) is 0 Å². The van der Waals surface area contributed by atoms with Crippen LogP contribution in [-0.2, 0) is 0 Å². The molecule has 0 saturated heterocycles. The summed E-state index contributed by atoms with van der Waals surface area (Å²) in [5.74, 6) is 0.339. The van der Waals surface area contributed by atoms with Crippen molar-refractivity contribution in [2.45, 2.75) is 13.8 Å². The van der Waals surface area contributed by atoms with E-state index in [9.17, 15) is 19.7 Å². The molecule has 0 saturated carbocycles. The van der Waals surface area contributed by atoms with Crippen LogP contribution in [-0.4, -0.2) is 16.6 Å². The van der Waals surface area contributed by atoms with Gasteiger partial charge in [0, 0.05) is 28.9 Å². The summed E-state index contributed by atoms with van der Waals surface area (Å²) in [5.41, 5.74) is 1.88. The number of amides is 1. The van der Waals surface area contributed by atoms with Crippen molar-refractivity contribution in [2.24, 2.45) is 0 Å². The number of carbonyl (C=O) groups excluding carboxylic acids is 2. The lowest BCUT2D eigenvalue weighted by Gasteiger charge is -2.04. The highest BCUT2D eigenvalue weighted by molar-refractivity contribution is 6.06. The number of nitrogens with zero attached hydrogens (tertiary/aromatic N) is 1. The highest BCUT2D eigenvalue weighted by Crippen LogP contribution is 2.28. The lowest BCUT2D eigenvalue weighted by molar-refractivity contribution is -0.384. The van der Waals surface area contributed by atoms with Crippen LogP contribution in [0.1, 0.15) is 33.4 Å². The number of ketones is 1. The smallest absolute Gasteiger partial charge is 0.270 e. The van der Waals surface area contributed by atoms with Gasteiger partial charge in [-0.3, -0.25) is 19.7 Å². The molecule has 1 aromatic heterocycles. The monoisotopic (exact) mass is 364 g/mol. The van der Waals surface area contributed by atoms with E-state index in [-0.39, 0.29) is 17.4 Å². The molecule has 0 radical (unpaired) electrons. The number of Topliss-reactive ketones (excluding diaryl/α,β-unsaturated/α-hetero) is 1. The van der Waals surface area contributed by atoms with Gasteiger partial charge in [0.1, 0.15) is 11.5 Å². The quantitative estimate of drug-likeness (QED) is 0.404. The molecule has 0 fully saturated rings. The zero-order chi connectivity index (χ0) is 19.6. The molecule has 0 atom stereocenters. The number of nitrogens with one attached hydrogen (secondary N) is 1. The Morgan fingerprint density at radius 1 is 1.07 bits per heavy atom. The average molecular weight is 364 g/mol. The van der Waals surface area contributed by atoms with Gasteiger partial charge in [-0.2, -0.15) is 0 Å². The first-order valence-electron chi connectivity index (χ1n) is 8.13. The van der Waals surface area contributed by atoms with Gasteiger partial charge in [-0.1, -0.05) is 12.1 Å². The number of hydrogen-bond acceptors (Lipinski definition) is 5. The molecule has 0 aliphatic carbocycles. The number of nitro groups is 1. The lowest BCUT2D eigenvalue weighted by atomic mass is 10.1. The summed E-state index contributed by atoms with van der Waals surface area (Å²) < 4.78 is 5.62. The van der Waals surface area contributed by atoms with Crippen molar-refractivity contribution < 1.29 is 18.9 Å². The third-order valence-corrected chi connectivity index (χ3v) is 4.05. The third-order valence-electron chi connectivity index (χ3n) is 4.05. The van der Waals surface area contributed by atoms with Gasteiger partial charge in [-0.15, -0.1) is 0 Å². The molecule has 27 heavy (non-hydrogen) atoms. The summed E-state index contributed by atoms with van der Waals surface area (Å²) in [6.07, 6.45) is 0. The largest absolute Gasteiger partial charge is 0.461 e. The Hall–Kier alpha value is -3.74. The van der Waals surface area contributed by atoms with Gasteiger partial charge in [-0.05, 0) is 44.2 Å². The van der Waals surface area contributed by atoms with Gasteiger partial charge >= 0.3 is 0 Å². The Balaban J connectivity index is 1.83. The Kier molecular flexibility index (Phi) is 4.85. The maximum Gasteiger partial charge on any atom is 0.270 e. The van der Waals surface area contributed by atoms with Gasteiger partial charge < -0.3 is 9.73 Å². The zero-order valence-electron chi connectivity index (χ0n) is 14.7. The Labute approximate surface area is 154 Å². The van der Waals surface area contributed by atoms with Crippen molar-refractivity contribution >= 4 is 23.1 Å². The van der Waals surface area contributed by atoms with Gasteiger partial charge in [0.15, 0.2) is 5.78 Å². The van der Waals surface area contributed by atoms with Crippen LogP contribution in [0.15, 0.2) is 59.0 Å². The maximum atomic E-state index is 12.5. The Bertz CT molecular complexity index is 1030. The Morgan fingerprint density at radius 2 is 1.78 bits per heavy atom. The standard InChI is InChI=1S/C20H16N2O5/c1-12(23)14-6-8-16(9-7-14)21-20(24)18-11-19(27-13(18)2)15-4-3-5-17(10-15)22(25)26/h3-11H,1-2H3,(H,21,24). The van der Waals surface area contributed by atoms with E-state index in [4.69, 9.17) is 4.42 Å². The van der Waals surface area contributed by atoms with E-state index in [1.54, 1.807) is 49.4 Å². The normalized spacial score (nSPS) is 10.4. The van der Waals surface area contributed by atoms with Crippen molar-refractivity contribution in [3.05, 3.63) is 81.6 Å². The van der Waals surface area contributed by atoms with Crippen LogP contribution in [0.25, 0.3) is 11.3 Å². The highest BCUT2D eigenvalue weighted by Gasteiger charge is 2.17. The van der Waals surface area contributed by atoms with Crippen LogP contribution < -0.4 is 5.32 Å². The predicted molar refractivity (Wildman–Crippen MR) is 99.9 cm³/mol. The van der Waals surface area contributed by atoms with Crippen molar-refractivity contribution in [1.29, 1.82) is 0 Å². The summed E-state index contributed by atoms with van der Waals surface area (Å²) in [7, 11) is 0. The SMILES string of the molecule is CC(=O)c1ccc(NC(=O)c2cc(-c3cccc([N+](=O)[O-])c3)oc2C)cc1. The summed E-state index contributed by atoms with van der Waals surface area (Å²) >= 11 is 0. The third kappa shape index (κ3) is 3.92. The van der Waals surface area contributed by atoms with E-state index in [0.29, 0.717) is 33.9 Å². The molecular weight excluding hydrogens is 348 g/mol. The number of hydrogen-bond donors (Lipinski definition) is 1. The molecule has 0 bridgehead atoms. The van der Waals surface area contributed by atoms with Crippen molar-refractivity contribution in [3.63, 3.8) is 0 Å². The van der Waals surface area contributed by atoms with Crippen molar-refractivity contribution in [2.75, 3.05) is 5.32 Å². The molecule has 0 aliphatic rings. The van der Waals surface area contributed by atoms with Gasteiger partial charge in [0.2, 0.25) is 0 Å². The molecule has 2 aromatic carbocycles. The fourth-order valence-corrected chi connectivity index (χ4v) is 2.61. The minimum Gasteiger partial charge on any atom is -0.461 e. The number of carbonyl (C=O) groups is 2. The number of furan rings is 1. The molecule has 136 valence electrons. The molecule has 7 nitrogen and oxygen atoms in total. The van der Waals surface area contributed by atoms with E-state index in [1.165, 1.54) is 19.1 Å². The van der Waals surface area contributed by atoms with Gasteiger partial charge in [0.25, 0.3) is 11.6 Å². The molecule has 1 amide bonds. The molecular formula is C20H16N2O5. The summed E-state index contributed by atoms with van der Waals surface area (Å²) in [6.45, 7) is 3.12. The number of rotatable bonds is 5. The summed E-state index contributed by atoms with van der Waals surface area (Å²) in [4.78, 5) is 34.3. The highest BCUT2D eigenvalue weighted by atomic mass is 16.6. The van der Waals surface area contributed by atoms with E-state index in [1.807, 2.05) is 0 Å². The summed E-state index contributed by atoms with van der Waals surface area (Å²) in [5, 5.41) is 13.7. The number of anilines is 1. The number of benzene rings is 2. The molecule has 7 heteroatoms. The van der Waals surface area contributed by atoms with E-state index in [2.05, 4.69) is 5.32 Å². The van der Waals surface area contributed by atoms with E-state index >= 15 is 0 Å². The topological polar surface area (TPSA) is 102 Å². The zero-order valence-corrected chi connectivity index (χ0v) is 14.7. The molecule has 1 N–H and O–H groups in total. The molecule has 0 unspecified atom stereocenters. The first-order valence-corrected chi connectivity index (χ1v) is 8.13. The second-order valence-electron chi connectivity index (χ2n) is 5.98. The maximum absolute atomic E-state index is 12.5. The van der Waals surface area contributed by atoms with Crippen LogP contribution in [0.2, 0.25) is 0 Å². The van der Waals surface area contributed by atoms with Crippen LogP contribution in [0, 0.1) is 17.0 Å². The second kappa shape index (κ2) is 7.25. The predicted octanol–water partition coefficient (Wildman–Crippen LogP) is 4.62. The van der Waals surface area contributed by atoms with Gasteiger partial charge in [0.05, 0.1) is 10.5 Å². The van der Waals surface area contributed by atoms with Crippen molar-refractivity contribution in [1.82, 2.24) is 0 Å². The molecule has 0 aliphatic heterocycles. The number of nitro benzene ring substituents is 1. The van der Waals surface area contributed by atoms with E-state index in [0.717, 1.165) is 0 Å². The number of aryl methyl sites for hydroxylation is 1. The summed E-state index contributed by atoms with van der Waals surface area (Å²) in [6, 6.07) is 14.1. The fourth-order valence-electron chi connectivity index (χ4n) is 2.61. The fraction of sp³-hybridized carbons (Fsp3) is 0.100. The first-order chi connectivity index (χ1) is 12.8. The average Bonchev–Trinajstić information content (AvgIpc) is 3.04. The molecule has 3 rings (SSSR count). The lowest BCUT2D eigenvalue weighted by Crippen LogP contribution is -2.12. The van der Waals surface area contributed by atoms with E-state index < -0.39 is 4.92 Å². The number of non-ortho nitro benzene ring substituents is 1. The molecule has 3 aromatic rings. The first kappa shape index (κ1) is 18.1. The minimum atomic E-state index is -0.488. The van der Waals surface area contributed by atoms with Gasteiger partial charge in [-0.25, -0.2) is 0 Å². The van der Waals surface area contributed by atoms with Crippen LogP contribution >= 0.6 is 0 Å². The van der Waals surface area contributed by atoms with Crippen molar-refractivity contribution in [3.8, 4) is 11.3 Å². The van der Waals surface area contributed by atoms with Crippen LogP contribution in [0.4, 0.5) is 11.4 Å². The second-order valence-corrected chi connectivity index (χ2v) is 5.98. The molecule has 1 heterocycles. The van der Waals surface area contributed by atoms with Crippen LogP contribution in [0.3, 0.4) is 0 Å².